The molecule has 3 aromatic carbocycles. The minimum atomic E-state index is 0.333. The minimum absolute atomic E-state index is 0.333. The van der Waals surface area contributed by atoms with E-state index in [0.717, 1.165) is 81.8 Å². The van der Waals surface area contributed by atoms with E-state index in [4.69, 9.17) is 15.0 Å². The molecule has 0 spiro atoms. The summed E-state index contributed by atoms with van der Waals surface area (Å²) in [4.78, 5) is 21.7. The number of pyridine rings is 1. The van der Waals surface area contributed by atoms with E-state index in [1.165, 1.54) is 24.0 Å². The second-order valence-electron chi connectivity index (χ2n) is 10.6. The third-order valence-corrected chi connectivity index (χ3v) is 8.10. The van der Waals surface area contributed by atoms with E-state index in [1.807, 2.05) is 0 Å². The molecular formula is C31H29N7. The van der Waals surface area contributed by atoms with Crippen molar-refractivity contribution in [1.82, 2.24) is 35.6 Å². The number of hydrogen-bond acceptors (Lipinski definition) is 5. The standard InChI is InChI=1S/C31H29N7/c1-3-26(32-13-1)30-35-24-11-6-19(16-28(24)37-30)18-5-9-22-20(15-18)7-10-23(34-22)21-8-12-25-29(17-21)38-31(36-25)27-4-2-14-33-27/h5-12,15-17,26-27,32-33H,1-4,13-14H2,(H,35,37)(H,36,38)/t26-,27-/m0/s1. The van der Waals surface area contributed by atoms with Crippen LogP contribution in [-0.2, 0) is 0 Å². The number of benzene rings is 3. The monoisotopic (exact) mass is 499 g/mol. The summed E-state index contributed by atoms with van der Waals surface area (Å²) in [5, 5.41) is 8.18. The molecule has 38 heavy (non-hydrogen) atoms. The number of aromatic amines is 2. The van der Waals surface area contributed by atoms with Gasteiger partial charge in [0.2, 0.25) is 0 Å². The molecule has 6 aromatic rings. The molecule has 4 N–H and O–H groups in total. The van der Waals surface area contributed by atoms with Crippen molar-refractivity contribution in [3.63, 3.8) is 0 Å². The molecule has 8 rings (SSSR count). The second-order valence-corrected chi connectivity index (χ2v) is 10.6. The lowest BCUT2D eigenvalue weighted by molar-refractivity contribution is 0.614. The maximum Gasteiger partial charge on any atom is 0.124 e. The zero-order chi connectivity index (χ0) is 25.1. The van der Waals surface area contributed by atoms with Gasteiger partial charge >= 0.3 is 0 Å². The Balaban J connectivity index is 1.10. The van der Waals surface area contributed by atoms with Gasteiger partial charge in [-0.05, 0) is 92.4 Å². The van der Waals surface area contributed by atoms with E-state index in [2.05, 4.69) is 87.3 Å². The molecule has 188 valence electrons. The summed E-state index contributed by atoms with van der Waals surface area (Å²) < 4.78 is 0. The molecule has 2 atom stereocenters. The highest BCUT2D eigenvalue weighted by Crippen LogP contribution is 2.31. The number of rotatable bonds is 4. The fourth-order valence-electron chi connectivity index (χ4n) is 6.03. The Morgan fingerprint density at radius 2 is 1.13 bits per heavy atom. The van der Waals surface area contributed by atoms with Crippen molar-refractivity contribution in [2.45, 2.75) is 37.8 Å². The molecule has 5 heterocycles. The maximum atomic E-state index is 5.00. The number of aromatic nitrogens is 5. The van der Waals surface area contributed by atoms with Gasteiger partial charge in [0.1, 0.15) is 11.6 Å². The first-order valence-corrected chi connectivity index (χ1v) is 13.6. The minimum Gasteiger partial charge on any atom is -0.341 e. The van der Waals surface area contributed by atoms with E-state index >= 15 is 0 Å². The van der Waals surface area contributed by atoms with Gasteiger partial charge in [-0.15, -0.1) is 0 Å². The molecule has 2 saturated heterocycles. The predicted molar refractivity (Wildman–Crippen MR) is 152 cm³/mol. The predicted octanol–water partition coefficient (Wildman–Crippen LogP) is 6.17. The van der Waals surface area contributed by atoms with Crippen LogP contribution >= 0.6 is 0 Å². The lowest BCUT2D eigenvalue weighted by Gasteiger charge is -2.07. The van der Waals surface area contributed by atoms with Crippen molar-refractivity contribution >= 4 is 33.0 Å². The average molecular weight is 500 g/mol. The van der Waals surface area contributed by atoms with Gasteiger partial charge in [-0.3, -0.25) is 0 Å². The lowest BCUT2D eigenvalue weighted by Crippen LogP contribution is -2.13. The van der Waals surface area contributed by atoms with Crippen molar-refractivity contribution in [1.29, 1.82) is 0 Å². The van der Waals surface area contributed by atoms with Crippen molar-refractivity contribution in [2.24, 2.45) is 0 Å². The first-order chi connectivity index (χ1) is 18.8. The van der Waals surface area contributed by atoms with Gasteiger partial charge in [0.05, 0.1) is 45.4 Å². The Hall–Kier alpha value is -4.07. The van der Waals surface area contributed by atoms with Crippen molar-refractivity contribution < 1.29 is 0 Å². The summed E-state index contributed by atoms with van der Waals surface area (Å²) in [6.07, 6.45) is 4.68. The Morgan fingerprint density at radius 3 is 1.76 bits per heavy atom. The number of fused-ring (bicyclic) bond motifs is 3. The Bertz CT molecular complexity index is 1670. The van der Waals surface area contributed by atoms with Crippen LogP contribution in [0.1, 0.15) is 49.4 Å². The summed E-state index contributed by atoms with van der Waals surface area (Å²) in [5.74, 6) is 2.08. The highest BCUT2D eigenvalue weighted by Gasteiger charge is 2.21. The molecule has 0 unspecified atom stereocenters. The van der Waals surface area contributed by atoms with Crippen molar-refractivity contribution in [3.8, 4) is 22.4 Å². The number of nitrogens with zero attached hydrogens (tertiary/aromatic N) is 3. The normalized spacial score (nSPS) is 19.8. The third-order valence-electron chi connectivity index (χ3n) is 8.10. The van der Waals surface area contributed by atoms with Crippen LogP contribution in [-0.4, -0.2) is 38.0 Å². The number of imidazole rings is 2. The fourth-order valence-corrected chi connectivity index (χ4v) is 6.03. The van der Waals surface area contributed by atoms with E-state index in [1.54, 1.807) is 0 Å². The molecule has 2 aliphatic rings. The van der Waals surface area contributed by atoms with Crippen molar-refractivity contribution in [2.75, 3.05) is 13.1 Å². The second kappa shape index (κ2) is 8.75. The molecular weight excluding hydrogens is 470 g/mol. The molecule has 3 aromatic heterocycles. The number of hydrogen-bond donors (Lipinski definition) is 4. The topological polar surface area (TPSA) is 94.3 Å². The summed E-state index contributed by atoms with van der Waals surface area (Å²) in [6, 6.07) is 24.3. The molecule has 0 saturated carbocycles. The summed E-state index contributed by atoms with van der Waals surface area (Å²) in [5.41, 5.74) is 9.57. The maximum absolute atomic E-state index is 5.00. The average Bonchev–Trinajstić information content (AvgIpc) is 3.77. The summed E-state index contributed by atoms with van der Waals surface area (Å²) in [7, 11) is 0. The molecule has 0 amide bonds. The Kier molecular flexibility index (Phi) is 5.06. The first-order valence-electron chi connectivity index (χ1n) is 13.6. The highest BCUT2D eigenvalue weighted by atomic mass is 15.0. The van der Waals surface area contributed by atoms with Gasteiger partial charge in [0, 0.05) is 10.9 Å². The smallest absolute Gasteiger partial charge is 0.124 e. The van der Waals surface area contributed by atoms with Gasteiger partial charge in [0.25, 0.3) is 0 Å². The largest absolute Gasteiger partial charge is 0.341 e. The summed E-state index contributed by atoms with van der Waals surface area (Å²) in [6.45, 7) is 2.13. The van der Waals surface area contributed by atoms with Gasteiger partial charge in [0.15, 0.2) is 0 Å². The number of nitrogens with one attached hydrogen (secondary N) is 4. The number of H-pyrrole nitrogens is 2. The van der Waals surface area contributed by atoms with Gasteiger partial charge in [-0.1, -0.05) is 24.3 Å². The third kappa shape index (κ3) is 3.78. The van der Waals surface area contributed by atoms with Crippen LogP contribution in [0.25, 0.3) is 55.4 Å². The molecule has 2 aliphatic heterocycles. The van der Waals surface area contributed by atoms with Crippen LogP contribution in [0.2, 0.25) is 0 Å². The molecule has 0 radical (unpaired) electrons. The lowest BCUT2D eigenvalue weighted by atomic mass is 10.0. The van der Waals surface area contributed by atoms with Crippen molar-refractivity contribution in [3.05, 3.63) is 78.4 Å². The SMILES string of the molecule is c1cc2nc(-c3ccc4nc([C@@H]5CCCN5)[nH]c4c3)ccc2cc1-c1ccc2nc([C@@H]3CCCN3)[nH]c2c1. The van der Waals surface area contributed by atoms with E-state index < -0.39 is 0 Å². The van der Waals surface area contributed by atoms with Gasteiger partial charge < -0.3 is 20.6 Å². The van der Waals surface area contributed by atoms with Gasteiger partial charge in [-0.2, -0.15) is 0 Å². The van der Waals surface area contributed by atoms with E-state index in [-0.39, 0.29) is 0 Å². The highest BCUT2D eigenvalue weighted by molar-refractivity contribution is 5.89. The Labute approximate surface area is 220 Å². The van der Waals surface area contributed by atoms with E-state index in [9.17, 15) is 0 Å². The summed E-state index contributed by atoms with van der Waals surface area (Å²) >= 11 is 0. The van der Waals surface area contributed by atoms with Crippen LogP contribution < -0.4 is 10.6 Å². The van der Waals surface area contributed by atoms with Crippen LogP contribution in [0.15, 0.2) is 66.7 Å². The van der Waals surface area contributed by atoms with Gasteiger partial charge in [-0.25, -0.2) is 15.0 Å². The van der Waals surface area contributed by atoms with Crippen LogP contribution in [0, 0.1) is 0 Å². The molecule has 0 bridgehead atoms. The molecule has 7 heteroatoms. The molecule has 7 nitrogen and oxygen atoms in total. The Morgan fingerprint density at radius 1 is 0.553 bits per heavy atom. The fraction of sp³-hybridized carbons (Fsp3) is 0.258. The van der Waals surface area contributed by atoms with E-state index in [0.29, 0.717) is 12.1 Å². The van der Waals surface area contributed by atoms with Crippen LogP contribution in [0.4, 0.5) is 0 Å². The van der Waals surface area contributed by atoms with Crippen LogP contribution in [0.5, 0.6) is 0 Å². The first kappa shape index (κ1) is 22.0. The van der Waals surface area contributed by atoms with Crippen LogP contribution in [0.3, 0.4) is 0 Å². The molecule has 2 fully saturated rings. The zero-order valence-corrected chi connectivity index (χ0v) is 21.1. The zero-order valence-electron chi connectivity index (χ0n) is 21.1. The molecule has 0 aliphatic carbocycles. The quantitative estimate of drug-likeness (QED) is 0.233.